The third-order valence-electron chi connectivity index (χ3n) is 3.03. The highest BCUT2D eigenvalue weighted by atomic mass is 15.3. The summed E-state index contributed by atoms with van der Waals surface area (Å²) in [5, 5.41) is 4.60. The first-order chi connectivity index (χ1) is 6.00. The molecule has 1 aromatic heterocycles. The molecule has 0 saturated carbocycles. The van der Waals surface area contributed by atoms with Crippen molar-refractivity contribution in [3.63, 3.8) is 0 Å². The van der Waals surface area contributed by atoms with Gasteiger partial charge in [-0.3, -0.25) is 4.68 Å². The van der Waals surface area contributed by atoms with Gasteiger partial charge in [0, 0.05) is 17.7 Å². The fourth-order valence-corrected chi connectivity index (χ4v) is 1.95. The van der Waals surface area contributed by atoms with Gasteiger partial charge in [0.1, 0.15) is 0 Å². The van der Waals surface area contributed by atoms with Crippen LogP contribution in [0.3, 0.4) is 0 Å². The van der Waals surface area contributed by atoms with Gasteiger partial charge < -0.3 is 0 Å². The van der Waals surface area contributed by atoms with Crippen LogP contribution in [0.15, 0.2) is 6.07 Å². The van der Waals surface area contributed by atoms with Crippen LogP contribution >= 0.6 is 0 Å². The van der Waals surface area contributed by atoms with Crippen LogP contribution in [0.5, 0.6) is 0 Å². The molecule has 1 aromatic rings. The molecule has 2 heterocycles. The highest BCUT2D eigenvalue weighted by molar-refractivity contribution is 5.23. The van der Waals surface area contributed by atoms with Crippen LogP contribution in [0.1, 0.15) is 51.4 Å². The number of hydrogen-bond acceptors (Lipinski definition) is 1. The Morgan fingerprint density at radius 2 is 2.15 bits per heavy atom. The molecule has 72 valence electrons. The van der Waals surface area contributed by atoms with Crippen molar-refractivity contribution >= 4 is 0 Å². The highest BCUT2D eigenvalue weighted by Gasteiger charge is 2.31. The Kier molecular flexibility index (Phi) is 1.76. The van der Waals surface area contributed by atoms with Gasteiger partial charge in [0.25, 0.3) is 0 Å². The molecule has 0 radical (unpaired) electrons. The van der Waals surface area contributed by atoms with Crippen LogP contribution in [0.2, 0.25) is 0 Å². The first kappa shape index (κ1) is 8.79. The highest BCUT2D eigenvalue weighted by Crippen LogP contribution is 2.35. The summed E-state index contributed by atoms with van der Waals surface area (Å²) in [5.74, 6) is 0.550. The molecule has 0 aliphatic carbocycles. The van der Waals surface area contributed by atoms with Crippen molar-refractivity contribution in [1.82, 2.24) is 9.78 Å². The lowest BCUT2D eigenvalue weighted by molar-refractivity contribution is 0.515. The summed E-state index contributed by atoms with van der Waals surface area (Å²) >= 11 is 0. The van der Waals surface area contributed by atoms with Gasteiger partial charge in [0.2, 0.25) is 0 Å². The van der Waals surface area contributed by atoms with E-state index in [1.807, 2.05) is 0 Å². The largest absolute Gasteiger partial charge is 0.269 e. The van der Waals surface area contributed by atoms with Crippen molar-refractivity contribution in [1.29, 1.82) is 0 Å². The van der Waals surface area contributed by atoms with Crippen molar-refractivity contribution in [2.24, 2.45) is 0 Å². The second-order valence-electron chi connectivity index (χ2n) is 4.97. The lowest BCUT2D eigenvalue weighted by atomic mass is 9.88. The quantitative estimate of drug-likeness (QED) is 0.646. The smallest absolute Gasteiger partial charge is 0.0653 e. The van der Waals surface area contributed by atoms with Crippen LogP contribution in [-0.4, -0.2) is 9.78 Å². The van der Waals surface area contributed by atoms with E-state index in [1.54, 1.807) is 0 Å². The van der Waals surface area contributed by atoms with Crippen LogP contribution in [0, 0.1) is 0 Å². The van der Waals surface area contributed by atoms with E-state index in [2.05, 4.69) is 43.5 Å². The zero-order valence-corrected chi connectivity index (χ0v) is 8.96. The Labute approximate surface area is 80.0 Å². The minimum atomic E-state index is 0.333. The lowest BCUT2D eigenvalue weighted by Crippen LogP contribution is -2.11. The molecule has 2 heteroatoms. The van der Waals surface area contributed by atoms with Crippen LogP contribution < -0.4 is 0 Å². The summed E-state index contributed by atoms with van der Waals surface area (Å²) in [5.41, 5.74) is 2.99. The molecular formula is C11H18N2. The number of aromatic nitrogens is 2. The Balaban J connectivity index is 2.42. The predicted molar refractivity (Wildman–Crippen MR) is 54.0 cm³/mol. The van der Waals surface area contributed by atoms with E-state index >= 15 is 0 Å². The van der Waals surface area contributed by atoms with Crippen LogP contribution in [0.25, 0.3) is 0 Å². The fourth-order valence-electron chi connectivity index (χ4n) is 1.95. The van der Waals surface area contributed by atoms with Gasteiger partial charge >= 0.3 is 0 Å². The van der Waals surface area contributed by atoms with Crippen molar-refractivity contribution in [2.45, 2.75) is 52.0 Å². The van der Waals surface area contributed by atoms with E-state index in [9.17, 15) is 0 Å². The summed E-state index contributed by atoms with van der Waals surface area (Å²) in [6.07, 6.45) is 1.23. The molecule has 0 aromatic carbocycles. The second kappa shape index (κ2) is 2.60. The molecule has 0 fully saturated rings. The molecular weight excluding hydrogens is 160 g/mol. The minimum Gasteiger partial charge on any atom is -0.269 e. The normalized spacial score (nSPS) is 19.5. The Morgan fingerprint density at radius 1 is 1.46 bits per heavy atom. The number of rotatable bonds is 1. The second-order valence-corrected chi connectivity index (χ2v) is 4.97. The summed E-state index contributed by atoms with van der Waals surface area (Å²) < 4.78 is 2.18. The van der Waals surface area contributed by atoms with Crippen molar-refractivity contribution in [2.75, 3.05) is 0 Å². The van der Waals surface area contributed by atoms with Gasteiger partial charge in [-0.25, -0.2) is 0 Å². The number of aryl methyl sites for hydroxylation is 1. The van der Waals surface area contributed by atoms with E-state index in [0.717, 1.165) is 6.54 Å². The predicted octanol–water partition coefficient (Wildman–Crippen LogP) is 2.69. The Hall–Kier alpha value is -0.790. The number of hydrogen-bond donors (Lipinski definition) is 0. The molecule has 0 bridgehead atoms. The van der Waals surface area contributed by atoms with E-state index < -0.39 is 0 Å². The standard InChI is InChI=1S/C11H18N2/c1-8(2)9-7-10-11(3,4)5-6-13(10)12-9/h7-8H,5-6H2,1-4H3. The van der Waals surface area contributed by atoms with E-state index in [-0.39, 0.29) is 0 Å². The molecule has 0 unspecified atom stereocenters. The van der Waals surface area contributed by atoms with Gasteiger partial charge in [-0.2, -0.15) is 5.10 Å². The zero-order valence-electron chi connectivity index (χ0n) is 8.96. The van der Waals surface area contributed by atoms with Gasteiger partial charge in [0.15, 0.2) is 0 Å². The summed E-state index contributed by atoms with van der Waals surface area (Å²) in [7, 11) is 0. The molecule has 0 amide bonds. The first-order valence-electron chi connectivity index (χ1n) is 5.09. The topological polar surface area (TPSA) is 17.8 Å². The monoisotopic (exact) mass is 178 g/mol. The molecule has 0 spiro atoms. The van der Waals surface area contributed by atoms with Gasteiger partial charge in [-0.15, -0.1) is 0 Å². The summed E-state index contributed by atoms with van der Waals surface area (Å²) in [6, 6.07) is 2.28. The van der Waals surface area contributed by atoms with Gasteiger partial charge in [-0.1, -0.05) is 27.7 Å². The molecule has 0 saturated heterocycles. The van der Waals surface area contributed by atoms with Gasteiger partial charge in [-0.05, 0) is 18.4 Å². The summed E-state index contributed by atoms with van der Waals surface area (Å²) in [6.45, 7) is 10.1. The van der Waals surface area contributed by atoms with Crippen LogP contribution in [-0.2, 0) is 12.0 Å². The SMILES string of the molecule is CC(C)c1cc2n(n1)CCC2(C)C. The molecule has 0 N–H and O–H groups in total. The van der Waals surface area contributed by atoms with E-state index in [4.69, 9.17) is 0 Å². The molecule has 0 atom stereocenters. The van der Waals surface area contributed by atoms with Gasteiger partial charge in [0.05, 0.1) is 5.69 Å². The Morgan fingerprint density at radius 3 is 2.69 bits per heavy atom. The molecule has 1 aliphatic heterocycles. The summed E-state index contributed by atoms with van der Waals surface area (Å²) in [4.78, 5) is 0. The minimum absolute atomic E-state index is 0.333. The van der Waals surface area contributed by atoms with Crippen molar-refractivity contribution < 1.29 is 0 Å². The molecule has 1 aliphatic rings. The third kappa shape index (κ3) is 1.28. The van der Waals surface area contributed by atoms with E-state index in [0.29, 0.717) is 11.3 Å². The zero-order chi connectivity index (χ0) is 9.64. The average Bonchev–Trinajstić information content (AvgIpc) is 2.53. The maximum atomic E-state index is 4.60. The van der Waals surface area contributed by atoms with E-state index in [1.165, 1.54) is 17.8 Å². The lowest BCUT2D eigenvalue weighted by Gasteiger charge is -2.14. The molecule has 13 heavy (non-hydrogen) atoms. The molecule has 2 nitrogen and oxygen atoms in total. The van der Waals surface area contributed by atoms with Crippen molar-refractivity contribution in [3.05, 3.63) is 17.5 Å². The van der Waals surface area contributed by atoms with Crippen molar-refractivity contribution in [3.8, 4) is 0 Å². The fraction of sp³-hybridized carbons (Fsp3) is 0.727. The first-order valence-corrected chi connectivity index (χ1v) is 5.09. The maximum Gasteiger partial charge on any atom is 0.0653 e. The number of nitrogens with zero attached hydrogens (tertiary/aromatic N) is 2. The molecule has 2 rings (SSSR count). The van der Waals surface area contributed by atoms with Crippen LogP contribution in [0.4, 0.5) is 0 Å². The third-order valence-corrected chi connectivity index (χ3v) is 3.03. The Bertz CT molecular complexity index is 321. The average molecular weight is 178 g/mol. The maximum absolute atomic E-state index is 4.60. The number of fused-ring (bicyclic) bond motifs is 1.